The summed E-state index contributed by atoms with van der Waals surface area (Å²) in [6.07, 6.45) is 1.60. The van der Waals surface area contributed by atoms with Gasteiger partial charge in [0.1, 0.15) is 5.69 Å². The minimum atomic E-state index is -0.106. The molecule has 4 rings (SSSR count). The molecule has 3 aromatic rings. The molecule has 2 aromatic carbocycles. The van der Waals surface area contributed by atoms with Gasteiger partial charge < -0.3 is 15.2 Å². The summed E-state index contributed by atoms with van der Waals surface area (Å²) in [6, 6.07) is 9.20. The number of carbonyl (C=O) groups is 1. The number of ketones is 1. The predicted octanol–water partition coefficient (Wildman–Crippen LogP) is 3.05. The van der Waals surface area contributed by atoms with Crippen molar-refractivity contribution in [3.63, 3.8) is 0 Å². The fourth-order valence-corrected chi connectivity index (χ4v) is 3.28. The van der Waals surface area contributed by atoms with Crippen LogP contribution in [0.1, 0.15) is 16.1 Å². The molecule has 1 aromatic heterocycles. The third-order valence-corrected chi connectivity index (χ3v) is 4.23. The molecule has 0 amide bonds. The number of nitrogens with two attached hydrogens (primary N) is 1. The topological polar surface area (TPSA) is 74.4 Å². The van der Waals surface area contributed by atoms with E-state index in [1.54, 1.807) is 26.5 Å². The lowest BCUT2D eigenvalue weighted by atomic mass is 9.84. The SMILES string of the molecule is COc1c(N)c2c3c(nccc3c1OC)C(=O)c1ccccc1-2. The van der Waals surface area contributed by atoms with Crippen molar-refractivity contribution in [2.24, 2.45) is 0 Å². The van der Waals surface area contributed by atoms with Crippen molar-refractivity contribution in [3.05, 3.63) is 47.8 Å². The van der Waals surface area contributed by atoms with Crippen LogP contribution < -0.4 is 15.2 Å². The molecule has 0 radical (unpaired) electrons. The molecule has 23 heavy (non-hydrogen) atoms. The van der Waals surface area contributed by atoms with Gasteiger partial charge in [-0.3, -0.25) is 9.78 Å². The summed E-state index contributed by atoms with van der Waals surface area (Å²) in [7, 11) is 3.10. The van der Waals surface area contributed by atoms with Gasteiger partial charge in [-0.05, 0) is 11.6 Å². The first kappa shape index (κ1) is 13.6. The molecule has 1 aliphatic carbocycles. The molecule has 0 saturated carbocycles. The third-order valence-electron chi connectivity index (χ3n) is 4.23. The minimum Gasteiger partial charge on any atom is -0.492 e. The Morgan fingerprint density at radius 2 is 1.70 bits per heavy atom. The Balaban J connectivity index is 2.30. The summed E-state index contributed by atoms with van der Waals surface area (Å²) in [6.45, 7) is 0. The van der Waals surface area contributed by atoms with Crippen molar-refractivity contribution in [2.75, 3.05) is 20.0 Å². The monoisotopic (exact) mass is 306 g/mol. The van der Waals surface area contributed by atoms with Crippen LogP contribution in [0, 0.1) is 0 Å². The molecular weight excluding hydrogens is 292 g/mol. The highest BCUT2D eigenvalue weighted by molar-refractivity contribution is 6.27. The maximum atomic E-state index is 12.8. The van der Waals surface area contributed by atoms with E-state index in [1.165, 1.54) is 0 Å². The molecular formula is C18H14N2O3. The number of rotatable bonds is 2. The van der Waals surface area contributed by atoms with E-state index in [-0.39, 0.29) is 5.78 Å². The van der Waals surface area contributed by atoms with Gasteiger partial charge in [0.15, 0.2) is 11.5 Å². The number of nitrogen functional groups attached to an aromatic ring is 1. The van der Waals surface area contributed by atoms with E-state index in [0.717, 1.165) is 16.5 Å². The van der Waals surface area contributed by atoms with Gasteiger partial charge in [-0.25, -0.2) is 0 Å². The number of methoxy groups -OCH3 is 2. The lowest BCUT2D eigenvalue weighted by Gasteiger charge is -2.23. The van der Waals surface area contributed by atoms with Gasteiger partial charge in [-0.15, -0.1) is 0 Å². The highest BCUT2D eigenvalue weighted by Crippen LogP contribution is 2.51. The molecule has 0 aliphatic heterocycles. The van der Waals surface area contributed by atoms with Gasteiger partial charge in [-0.2, -0.15) is 0 Å². The Morgan fingerprint density at radius 1 is 1.00 bits per heavy atom. The van der Waals surface area contributed by atoms with E-state index >= 15 is 0 Å². The second-order valence-electron chi connectivity index (χ2n) is 5.31. The highest BCUT2D eigenvalue weighted by atomic mass is 16.5. The second kappa shape index (κ2) is 4.71. The van der Waals surface area contributed by atoms with Crippen LogP contribution in [0.4, 0.5) is 5.69 Å². The number of benzene rings is 2. The van der Waals surface area contributed by atoms with E-state index in [4.69, 9.17) is 15.2 Å². The molecule has 5 heteroatoms. The van der Waals surface area contributed by atoms with Crippen LogP contribution in [0.25, 0.3) is 21.9 Å². The summed E-state index contributed by atoms with van der Waals surface area (Å²) in [5.74, 6) is 0.876. The smallest absolute Gasteiger partial charge is 0.212 e. The van der Waals surface area contributed by atoms with Crippen LogP contribution in [-0.2, 0) is 0 Å². The number of fused-ring (bicyclic) bond motifs is 2. The normalized spacial score (nSPS) is 12.2. The number of ether oxygens (including phenoxy) is 2. The van der Waals surface area contributed by atoms with E-state index < -0.39 is 0 Å². The van der Waals surface area contributed by atoms with E-state index in [9.17, 15) is 4.79 Å². The largest absolute Gasteiger partial charge is 0.492 e. The summed E-state index contributed by atoms with van der Waals surface area (Å²) in [5.41, 5.74) is 9.37. The first-order chi connectivity index (χ1) is 11.2. The fourth-order valence-electron chi connectivity index (χ4n) is 3.28. The number of nitrogens with zero attached hydrogens (tertiary/aromatic N) is 1. The molecule has 5 nitrogen and oxygen atoms in total. The molecule has 0 unspecified atom stereocenters. The van der Waals surface area contributed by atoms with Gasteiger partial charge in [0.2, 0.25) is 5.78 Å². The lowest BCUT2D eigenvalue weighted by molar-refractivity contribution is 0.103. The zero-order valence-electron chi connectivity index (χ0n) is 12.7. The van der Waals surface area contributed by atoms with Crippen LogP contribution in [0.3, 0.4) is 0 Å². The van der Waals surface area contributed by atoms with E-state index in [2.05, 4.69) is 4.98 Å². The number of aromatic nitrogens is 1. The number of hydrogen-bond acceptors (Lipinski definition) is 5. The first-order valence-electron chi connectivity index (χ1n) is 7.15. The molecule has 2 N–H and O–H groups in total. The van der Waals surface area contributed by atoms with Crippen LogP contribution in [0.15, 0.2) is 36.5 Å². The third kappa shape index (κ3) is 1.61. The number of pyridine rings is 1. The van der Waals surface area contributed by atoms with Gasteiger partial charge in [-0.1, -0.05) is 24.3 Å². The summed E-state index contributed by atoms with van der Waals surface area (Å²) < 4.78 is 11.0. The maximum absolute atomic E-state index is 12.8. The van der Waals surface area contributed by atoms with Crippen molar-refractivity contribution in [3.8, 4) is 22.6 Å². The Labute approximate surface area is 132 Å². The lowest BCUT2D eigenvalue weighted by Crippen LogP contribution is -2.14. The zero-order chi connectivity index (χ0) is 16.1. The maximum Gasteiger partial charge on any atom is 0.212 e. The molecule has 0 saturated heterocycles. The Hall–Kier alpha value is -3.08. The second-order valence-corrected chi connectivity index (χ2v) is 5.31. The van der Waals surface area contributed by atoms with Crippen molar-refractivity contribution in [1.82, 2.24) is 4.98 Å². The predicted molar refractivity (Wildman–Crippen MR) is 88.1 cm³/mol. The molecule has 1 aliphatic rings. The van der Waals surface area contributed by atoms with Crippen molar-refractivity contribution in [1.29, 1.82) is 0 Å². The number of carbonyl (C=O) groups excluding carboxylic acids is 1. The first-order valence-corrected chi connectivity index (χ1v) is 7.15. The molecule has 1 heterocycles. The van der Waals surface area contributed by atoms with E-state index in [1.807, 2.05) is 24.3 Å². The number of anilines is 1. The number of hydrogen-bond donors (Lipinski definition) is 1. The molecule has 0 bridgehead atoms. The zero-order valence-corrected chi connectivity index (χ0v) is 12.7. The van der Waals surface area contributed by atoms with Crippen LogP contribution in [0.5, 0.6) is 11.5 Å². The average molecular weight is 306 g/mol. The van der Waals surface area contributed by atoms with E-state index in [0.29, 0.717) is 33.8 Å². The van der Waals surface area contributed by atoms with Crippen molar-refractivity contribution >= 4 is 22.2 Å². The van der Waals surface area contributed by atoms with Crippen molar-refractivity contribution < 1.29 is 14.3 Å². The fraction of sp³-hybridized carbons (Fsp3) is 0.111. The van der Waals surface area contributed by atoms with Crippen LogP contribution in [-0.4, -0.2) is 25.0 Å². The Kier molecular flexibility index (Phi) is 2.78. The Morgan fingerprint density at radius 3 is 2.39 bits per heavy atom. The summed E-state index contributed by atoms with van der Waals surface area (Å²) in [4.78, 5) is 17.1. The molecule has 0 fully saturated rings. The Bertz CT molecular complexity index is 980. The van der Waals surface area contributed by atoms with Gasteiger partial charge in [0.05, 0.1) is 19.9 Å². The van der Waals surface area contributed by atoms with Crippen LogP contribution in [0.2, 0.25) is 0 Å². The highest BCUT2D eigenvalue weighted by Gasteiger charge is 2.31. The molecule has 114 valence electrons. The average Bonchev–Trinajstić information content (AvgIpc) is 2.59. The van der Waals surface area contributed by atoms with Gasteiger partial charge >= 0.3 is 0 Å². The molecule has 0 atom stereocenters. The van der Waals surface area contributed by atoms with Crippen LogP contribution >= 0.6 is 0 Å². The quantitative estimate of drug-likeness (QED) is 0.576. The van der Waals surface area contributed by atoms with Crippen molar-refractivity contribution in [2.45, 2.75) is 0 Å². The standard InChI is InChI=1S/C18H14N2O3/c1-22-17-11-7-8-20-15-13(11)12(14(19)18(17)23-2)9-5-3-4-6-10(9)16(15)21/h3-8H,19H2,1-2H3. The minimum absolute atomic E-state index is 0.106. The molecule has 0 spiro atoms. The summed E-state index contributed by atoms with van der Waals surface area (Å²) >= 11 is 0. The van der Waals surface area contributed by atoms with Gasteiger partial charge in [0.25, 0.3) is 0 Å². The summed E-state index contributed by atoms with van der Waals surface area (Å²) in [5, 5.41) is 1.48. The van der Waals surface area contributed by atoms with Gasteiger partial charge in [0, 0.05) is 28.1 Å².